The fourth-order valence-electron chi connectivity index (χ4n) is 3.79. The molecule has 32 heavy (non-hydrogen) atoms. The summed E-state index contributed by atoms with van der Waals surface area (Å²) in [6, 6.07) is 14.1. The zero-order valence-electron chi connectivity index (χ0n) is 19.7. The summed E-state index contributed by atoms with van der Waals surface area (Å²) in [4.78, 5) is 18.1. The summed E-state index contributed by atoms with van der Waals surface area (Å²) in [6.07, 6.45) is 1.58. The molecule has 0 unspecified atom stereocenters. The molecule has 0 bridgehead atoms. The molecule has 1 fully saturated rings. The molecule has 1 heterocycles. The Morgan fingerprint density at radius 3 is 2.38 bits per heavy atom. The monoisotopic (exact) mass is 438 g/mol. The van der Waals surface area contributed by atoms with Crippen molar-refractivity contribution >= 4 is 17.6 Å². The highest BCUT2D eigenvalue weighted by molar-refractivity contribution is 5.95. The first kappa shape index (κ1) is 23.4. The van der Waals surface area contributed by atoms with Gasteiger partial charge in [0.2, 0.25) is 5.91 Å². The van der Waals surface area contributed by atoms with Crippen LogP contribution in [-0.4, -0.2) is 46.2 Å². The number of carbonyl (C=O) groups is 1. The number of hydrogen-bond donors (Lipinski definition) is 2. The molecule has 0 atom stereocenters. The van der Waals surface area contributed by atoms with E-state index in [2.05, 4.69) is 47.7 Å². The van der Waals surface area contributed by atoms with Crippen LogP contribution in [0.2, 0.25) is 0 Å². The van der Waals surface area contributed by atoms with Crippen LogP contribution in [0.25, 0.3) is 0 Å². The summed E-state index contributed by atoms with van der Waals surface area (Å²) in [5.41, 5.74) is 3.09. The SMILES string of the molecule is CN=C(NCc1ccc(N2CCCC2=O)cc1)NCC(C)(C)c1ccc(OC)c(OC)c1. The number of ether oxygens (including phenoxy) is 2. The number of rotatable bonds is 8. The Morgan fingerprint density at radius 2 is 1.78 bits per heavy atom. The van der Waals surface area contributed by atoms with Gasteiger partial charge in [0.15, 0.2) is 17.5 Å². The van der Waals surface area contributed by atoms with Crippen molar-refractivity contribution in [3.63, 3.8) is 0 Å². The third kappa shape index (κ3) is 5.52. The van der Waals surface area contributed by atoms with Gasteiger partial charge in [0.05, 0.1) is 14.2 Å². The number of anilines is 1. The summed E-state index contributed by atoms with van der Waals surface area (Å²) in [5, 5.41) is 6.78. The van der Waals surface area contributed by atoms with Gasteiger partial charge < -0.3 is 25.0 Å². The highest BCUT2D eigenvalue weighted by Gasteiger charge is 2.23. The molecule has 7 heteroatoms. The van der Waals surface area contributed by atoms with Gasteiger partial charge in [-0.25, -0.2) is 0 Å². The van der Waals surface area contributed by atoms with Gasteiger partial charge in [-0.3, -0.25) is 9.79 Å². The summed E-state index contributed by atoms with van der Waals surface area (Å²) in [6.45, 7) is 6.49. The van der Waals surface area contributed by atoms with Crippen LogP contribution < -0.4 is 25.0 Å². The zero-order chi connectivity index (χ0) is 23.1. The Kier molecular flexibility index (Phi) is 7.62. The van der Waals surface area contributed by atoms with E-state index in [9.17, 15) is 4.79 Å². The van der Waals surface area contributed by atoms with Gasteiger partial charge in [-0.15, -0.1) is 0 Å². The molecule has 0 spiro atoms. The van der Waals surface area contributed by atoms with E-state index in [-0.39, 0.29) is 11.3 Å². The number of carbonyl (C=O) groups excluding carboxylic acids is 1. The van der Waals surface area contributed by atoms with Crippen LogP contribution in [0.15, 0.2) is 47.5 Å². The molecular weight excluding hydrogens is 404 g/mol. The van der Waals surface area contributed by atoms with E-state index < -0.39 is 0 Å². The third-order valence-electron chi connectivity index (χ3n) is 5.87. The van der Waals surface area contributed by atoms with E-state index in [0.29, 0.717) is 19.5 Å². The lowest BCUT2D eigenvalue weighted by molar-refractivity contribution is -0.117. The van der Waals surface area contributed by atoms with Crippen molar-refractivity contribution in [1.29, 1.82) is 0 Å². The first-order chi connectivity index (χ1) is 15.4. The Bertz CT molecular complexity index is 954. The molecule has 0 radical (unpaired) electrons. The normalized spacial score (nSPS) is 14.5. The number of methoxy groups -OCH3 is 2. The van der Waals surface area contributed by atoms with Gasteiger partial charge in [-0.05, 0) is 41.8 Å². The Morgan fingerprint density at radius 1 is 1.06 bits per heavy atom. The molecule has 1 aliphatic rings. The topological polar surface area (TPSA) is 75.2 Å². The molecule has 1 amide bonds. The fourth-order valence-corrected chi connectivity index (χ4v) is 3.79. The minimum atomic E-state index is -0.152. The molecule has 0 aromatic heterocycles. The van der Waals surface area contributed by atoms with Crippen molar-refractivity contribution in [3.8, 4) is 11.5 Å². The number of guanidine groups is 1. The van der Waals surface area contributed by atoms with Crippen LogP contribution in [0.4, 0.5) is 5.69 Å². The van der Waals surface area contributed by atoms with E-state index in [0.717, 1.165) is 47.2 Å². The van der Waals surface area contributed by atoms with E-state index in [4.69, 9.17) is 9.47 Å². The van der Waals surface area contributed by atoms with Crippen molar-refractivity contribution in [2.75, 3.05) is 39.3 Å². The van der Waals surface area contributed by atoms with Gasteiger partial charge in [0.1, 0.15) is 0 Å². The van der Waals surface area contributed by atoms with E-state index >= 15 is 0 Å². The third-order valence-corrected chi connectivity index (χ3v) is 5.87. The van der Waals surface area contributed by atoms with Crippen molar-refractivity contribution < 1.29 is 14.3 Å². The molecule has 2 N–H and O–H groups in total. The van der Waals surface area contributed by atoms with Gasteiger partial charge >= 0.3 is 0 Å². The second-order valence-corrected chi connectivity index (χ2v) is 8.55. The van der Waals surface area contributed by atoms with Gasteiger partial charge in [-0.2, -0.15) is 0 Å². The second-order valence-electron chi connectivity index (χ2n) is 8.55. The van der Waals surface area contributed by atoms with Crippen LogP contribution >= 0.6 is 0 Å². The van der Waals surface area contributed by atoms with Crippen LogP contribution in [0.3, 0.4) is 0 Å². The Labute approximate surface area is 190 Å². The number of nitrogens with zero attached hydrogens (tertiary/aromatic N) is 2. The molecule has 7 nitrogen and oxygen atoms in total. The lowest BCUT2D eigenvalue weighted by Gasteiger charge is -2.27. The maximum atomic E-state index is 11.9. The quantitative estimate of drug-likeness (QED) is 0.488. The average molecular weight is 439 g/mol. The summed E-state index contributed by atoms with van der Waals surface area (Å²) >= 11 is 0. The lowest BCUT2D eigenvalue weighted by Crippen LogP contribution is -2.43. The van der Waals surface area contributed by atoms with Gasteiger partial charge in [-0.1, -0.05) is 32.0 Å². The molecule has 3 rings (SSSR count). The van der Waals surface area contributed by atoms with Gasteiger partial charge in [0.25, 0.3) is 0 Å². The standard InChI is InChI=1S/C25H34N4O3/c1-25(2,19-10-13-21(31-4)22(15-19)32-5)17-28-24(26-3)27-16-18-8-11-20(12-9-18)29-14-6-7-23(29)30/h8-13,15H,6-7,14,16-17H2,1-5H3,(H2,26,27,28). The summed E-state index contributed by atoms with van der Waals surface area (Å²) in [5.74, 6) is 2.38. The van der Waals surface area contributed by atoms with Crippen molar-refractivity contribution in [2.45, 2.75) is 38.6 Å². The summed E-state index contributed by atoms with van der Waals surface area (Å²) < 4.78 is 10.8. The molecule has 1 aliphatic heterocycles. The largest absolute Gasteiger partial charge is 0.493 e. The minimum absolute atomic E-state index is 0.152. The molecule has 172 valence electrons. The van der Waals surface area contributed by atoms with Crippen LogP contribution in [0.5, 0.6) is 11.5 Å². The predicted molar refractivity (Wildman–Crippen MR) is 129 cm³/mol. The zero-order valence-corrected chi connectivity index (χ0v) is 19.7. The maximum absolute atomic E-state index is 11.9. The number of nitrogens with one attached hydrogen (secondary N) is 2. The number of hydrogen-bond acceptors (Lipinski definition) is 4. The molecule has 2 aromatic rings. The second kappa shape index (κ2) is 10.4. The smallest absolute Gasteiger partial charge is 0.227 e. The van der Waals surface area contributed by atoms with Crippen LogP contribution in [0, 0.1) is 0 Å². The van der Waals surface area contributed by atoms with Crippen LogP contribution in [0.1, 0.15) is 37.8 Å². The van der Waals surface area contributed by atoms with Crippen LogP contribution in [-0.2, 0) is 16.8 Å². The molecule has 1 saturated heterocycles. The maximum Gasteiger partial charge on any atom is 0.227 e. The van der Waals surface area contributed by atoms with Crippen molar-refractivity contribution in [2.24, 2.45) is 4.99 Å². The lowest BCUT2D eigenvalue weighted by atomic mass is 9.84. The highest BCUT2D eigenvalue weighted by Crippen LogP contribution is 2.32. The highest BCUT2D eigenvalue weighted by atomic mass is 16.5. The first-order valence-electron chi connectivity index (χ1n) is 10.9. The number of aliphatic imine (C=N–C) groups is 1. The Balaban J connectivity index is 1.56. The number of amides is 1. The predicted octanol–water partition coefficient (Wildman–Crippen LogP) is 3.47. The number of benzene rings is 2. The van der Waals surface area contributed by atoms with Crippen molar-refractivity contribution in [3.05, 3.63) is 53.6 Å². The van der Waals surface area contributed by atoms with Gasteiger partial charge in [0, 0.05) is 44.2 Å². The molecule has 2 aromatic carbocycles. The molecule has 0 aliphatic carbocycles. The molecule has 0 saturated carbocycles. The van der Waals surface area contributed by atoms with E-state index in [1.807, 2.05) is 29.2 Å². The summed E-state index contributed by atoms with van der Waals surface area (Å²) in [7, 11) is 5.05. The minimum Gasteiger partial charge on any atom is -0.493 e. The first-order valence-corrected chi connectivity index (χ1v) is 10.9. The molecular formula is C25H34N4O3. The van der Waals surface area contributed by atoms with E-state index in [1.54, 1.807) is 21.3 Å². The Hall–Kier alpha value is -3.22. The fraction of sp³-hybridized carbons (Fsp3) is 0.440. The average Bonchev–Trinajstić information content (AvgIpc) is 3.24. The van der Waals surface area contributed by atoms with Crippen molar-refractivity contribution in [1.82, 2.24) is 10.6 Å². The van der Waals surface area contributed by atoms with E-state index in [1.165, 1.54) is 0 Å².